The third-order valence-electron chi connectivity index (χ3n) is 3.77. The number of benzene rings is 1. The number of nitrogens with one attached hydrogen (secondary N) is 1. The average molecular weight is 294 g/mol. The fraction of sp³-hybridized carbons (Fsp3) is 0.562. The van der Waals surface area contributed by atoms with Gasteiger partial charge in [0.2, 0.25) is 0 Å². The van der Waals surface area contributed by atoms with E-state index in [-0.39, 0.29) is 5.75 Å². The molecule has 1 unspecified atom stereocenters. The minimum atomic E-state index is -0.701. The minimum absolute atomic E-state index is 0.0469. The molecule has 1 N–H and O–H groups in total. The Hall–Kier alpha value is -1.67. The van der Waals surface area contributed by atoms with E-state index in [1.807, 2.05) is 6.92 Å². The number of nitrogens with zero attached hydrogens (tertiary/aromatic N) is 1. The van der Waals surface area contributed by atoms with Crippen LogP contribution in [0, 0.1) is 23.0 Å². The molecule has 1 aliphatic rings. The van der Waals surface area contributed by atoms with Crippen molar-refractivity contribution in [2.45, 2.75) is 50.6 Å². The van der Waals surface area contributed by atoms with E-state index < -0.39 is 17.2 Å². The van der Waals surface area contributed by atoms with Crippen molar-refractivity contribution in [1.82, 2.24) is 5.32 Å². The van der Waals surface area contributed by atoms with Gasteiger partial charge >= 0.3 is 0 Å². The zero-order chi connectivity index (χ0) is 15.3. The highest BCUT2D eigenvalue weighted by Crippen LogP contribution is 2.27. The van der Waals surface area contributed by atoms with Gasteiger partial charge in [-0.2, -0.15) is 5.26 Å². The van der Waals surface area contributed by atoms with Crippen LogP contribution in [0.3, 0.4) is 0 Å². The van der Waals surface area contributed by atoms with Crippen LogP contribution >= 0.6 is 0 Å². The first-order chi connectivity index (χ1) is 10.1. The Morgan fingerprint density at radius 1 is 1.43 bits per heavy atom. The van der Waals surface area contributed by atoms with Crippen molar-refractivity contribution in [1.29, 1.82) is 5.26 Å². The van der Waals surface area contributed by atoms with Gasteiger partial charge in [-0.15, -0.1) is 0 Å². The summed E-state index contributed by atoms with van der Waals surface area (Å²) in [5.74, 6) is -1.28. The lowest BCUT2D eigenvalue weighted by Gasteiger charge is -2.26. The van der Waals surface area contributed by atoms with Gasteiger partial charge in [0, 0.05) is 12.1 Å². The van der Waals surface area contributed by atoms with Crippen molar-refractivity contribution in [2.24, 2.45) is 0 Å². The number of rotatable bonds is 8. The molecule has 1 fully saturated rings. The second-order valence-electron chi connectivity index (χ2n) is 5.49. The van der Waals surface area contributed by atoms with Gasteiger partial charge in [-0.3, -0.25) is 5.32 Å². The molecule has 0 heterocycles. The van der Waals surface area contributed by atoms with Gasteiger partial charge < -0.3 is 4.74 Å². The fourth-order valence-electron chi connectivity index (χ4n) is 2.28. The second kappa shape index (κ2) is 6.86. The summed E-state index contributed by atoms with van der Waals surface area (Å²) in [5, 5.41) is 12.8. The molecule has 1 atom stereocenters. The molecule has 5 heteroatoms. The van der Waals surface area contributed by atoms with Crippen molar-refractivity contribution < 1.29 is 13.5 Å². The van der Waals surface area contributed by atoms with Gasteiger partial charge in [0.15, 0.2) is 11.6 Å². The highest BCUT2D eigenvalue weighted by molar-refractivity contribution is 5.24. The van der Waals surface area contributed by atoms with Crippen LogP contribution in [0.25, 0.3) is 0 Å². The zero-order valence-corrected chi connectivity index (χ0v) is 12.2. The molecule has 0 amide bonds. The Bertz CT molecular complexity index is 525. The number of hydrogen-bond donors (Lipinski definition) is 1. The van der Waals surface area contributed by atoms with Crippen LogP contribution in [-0.4, -0.2) is 18.2 Å². The predicted molar refractivity (Wildman–Crippen MR) is 75.9 cm³/mol. The number of hydrogen-bond acceptors (Lipinski definition) is 3. The molecule has 1 aliphatic carbocycles. The summed E-state index contributed by atoms with van der Waals surface area (Å²) < 4.78 is 31.5. The van der Waals surface area contributed by atoms with Crippen LogP contribution in [0.15, 0.2) is 18.2 Å². The van der Waals surface area contributed by atoms with Crippen LogP contribution < -0.4 is 10.1 Å². The predicted octanol–water partition coefficient (Wildman–Crippen LogP) is 3.55. The van der Waals surface area contributed by atoms with Gasteiger partial charge in [-0.05, 0) is 44.2 Å². The zero-order valence-electron chi connectivity index (χ0n) is 12.2. The topological polar surface area (TPSA) is 45.0 Å². The van der Waals surface area contributed by atoms with Crippen LogP contribution in [0.5, 0.6) is 5.75 Å². The van der Waals surface area contributed by atoms with Crippen LogP contribution in [0.2, 0.25) is 0 Å². The van der Waals surface area contributed by atoms with Gasteiger partial charge in [0.25, 0.3) is 0 Å². The highest BCUT2D eigenvalue weighted by atomic mass is 19.1. The Morgan fingerprint density at radius 3 is 2.76 bits per heavy atom. The summed E-state index contributed by atoms with van der Waals surface area (Å²) in [6.07, 6.45) is 4.27. The summed E-state index contributed by atoms with van der Waals surface area (Å²) in [7, 11) is 0. The molecule has 0 bridgehead atoms. The Balaban J connectivity index is 1.81. The maximum Gasteiger partial charge on any atom is 0.167 e. The normalized spacial score (nSPS) is 17.0. The number of halogens is 2. The second-order valence-corrected chi connectivity index (χ2v) is 5.49. The van der Waals surface area contributed by atoms with Crippen LogP contribution in [0.1, 0.15) is 39.0 Å². The average Bonchev–Trinajstić information content (AvgIpc) is 3.28. The quantitative estimate of drug-likeness (QED) is 0.746. The SMILES string of the molecule is CCC(C#N)(CCCOc1ccc(F)cc1F)NC1CC1. The molecule has 0 saturated heterocycles. The molecular weight excluding hydrogens is 274 g/mol. The lowest BCUT2D eigenvalue weighted by Crippen LogP contribution is -2.44. The molecule has 1 saturated carbocycles. The molecule has 0 aromatic heterocycles. The number of ether oxygens (including phenoxy) is 1. The van der Waals surface area contributed by atoms with E-state index in [0.717, 1.165) is 25.3 Å². The Morgan fingerprint density at radius 2 is 2.19 bits per heavy atom. The third kappa shape index (κ3) is 4.40. The van der Waals surface area contributed by atoms with E-state index in [4.69, 9.17) is 4.74 Å². The smallest absolute Gasteiger partial charge is 0.167 e. The van der Waals surface area contributed by atoms with Crippen molar-refractivity contribution in [3.05, 3.63) is 29.8 Å². The third-order valence-corrected chi connectivity index (χ3v) is 3.77. The lowest BCUT2D eigenvalue weighted by molar-refractivity contribution is 0.265. The van der Waals surface area contributed by atoms with Crippen molar-refractivity contribution in [2.75, 3.05) is 6.61 Å². The molecule has 21 heavy (non-hydrogen) atoms. The first-order valence-electron chi connectivity index (χ1n) is 7.35. The van der Waals surface area contributed by atoms with E-state index in [1.54, 1.807) is 0 Å². The molecule has 0 aliphatic heterocycles. The fourth-order valence-corrected chi connectivity index (χ4v) is 2.28. The molecular formula is C16H20F2N2O. The van der Waals surface area contributed by atoms with E-state index in [9.17, 15) is 14.0 Å². The van der Waals surface area contributed by atoms with Crippen molar-refractivity contribution >= 4 is 0 Å². The van der Waals surface area contributed by atoms with Crippen LogP contribution in [-0.2, 0) is 0 Å². The van der Waals surface area contributed by atoms with Crippen molar-refractivity contribution in [3.63, 3.8) is 0 Å². The largest absolute Gasteiger partial charge is 0.491 e. The Labute approximate surface area is 123 Å². The van der Waals surface area contributed by atoms with E-state index in [2.05, 4.69) is 11.4 Å². The van der Waals surface area contributed by atoms with Crippen molar-refractivity contribution in [3.8, 4) is 11.8 Å². The van der Waals surface area contributed by atoms with E-state index in [0.29, 0.717) is 25.5 Å². The first-order valence-corrected chi connectivity index (χ1v) is 7.35. The van der Waals surface area contributed by atoms with Gasteiger partial charge in [0.1, 0.15) is 11.4 Å². The van der Waals surface area contributed by atoms with E-state index in [1.165, 1.54) is 12.1 Å². The first kappa shape index (κ1) is 15.7. The van der Waals surface area contributed by atoms with E-state index >= 15 is 0 Å². The highest BCUT2D eigenvalue weighted by Gasteiger charge is 2.34. The van der Waals surface area contributed by atoms with Crippen LogP contribution in [0.4, 0.5) is 8.78 Å². The summed E-state index contributed by atoms with van der Waals surface area (Å²) in [5.41, 5.74) is -0.522. The standard InChI is InChI=1S/C16H20F2N2O/c1-2-16(11-19,20-13-5-6-13)8-3-9-21-15-7-4-12(17)10-14(15)18/h4,7,10,13,20H,2-3,5-6,8-9H2,1H3. The maximum absolute atomic E-state index is 13.4. The molecule has 2 rings (SSSR count). The number of nitriles is 1. The monoisotopic (exact) mass is 294 g/mol. The molecule has 0 radical (unpaired) electrons. The molecule has 0 spiro atoms. The summed E-state index contributed by atoms with van der Waals surface area (Å²) >= 11 is 0. The molecule has 1 aromatic rings. The summed E-state index contributed by atoms with van der Waals surface area (Å²) in [6.45, 7) is 2.29. The minimum Gasteiger partial charge on any atom is -0.491 e. The lowest BCUT2D eigenvalue weighted by atomic mass is 9.92. The Kier molecular flexibility index (Phi) is 5.13. The molecule has 3 nitrogen and oxygen atoms in total. The summed E-state index contributed by atoms with van der Waals surface area (Å²) in [6, 6.07) is 6.07. The maximum atomic E-state index is 13.4. The molecule has 114 valence electrons. The van der Waals surface area contributed by atoms with Gasteiger partial charge in [-0.25, -0.2) is 8.78 Å². The summed E-state index contributed by atoms with van der Waals surface area (Å²) in [4.78, 5) is 0. The van der Waals surface area contributed by atoms with Gasteiger partial charge in [-0.1, -0.05) is 6.92 Å². The molecule has 1 aromatic carbocycles. The van der Waals surface area contributed by atoms with Gasteiger partial charge in [0.05, 0.1) is 12.7 Å².